The van der Waals surface area contributed by atoms with E-state index in [2.05, 4.69) is 15.7 Å². The van der Waals surface area contributed by atoms with Crippen LogP contribution in [0.5, 0.6) is 0 Å². The van der Waals surface area contributed by atoms with E-state index in [-0.39, 0.29) is 17.7 Å². The highest BCUT2D eigenvalue weighted by atomic mass is 16.2. The molecule has 146 valence electrons. The summed E-state index contributed by atoms with van der Waals surface area (Å²) in [5.41, 5.74) is 3.03. The van der Waals surface area contributed by atoms with E-state index in [0.29, 0.717) is 11.3 Å². The van der Waals surface area contributed by atoms with Gasteiger partial charge < -0.3 is 10.6 Å². The molecular formula is C22H26N4O2. The summed E-state index contributed by atoms with van der Waals surface area (Å²) >= 11 is 0. The van der Waals surface area contributed by atoms with Crippen LogP contribution in [0.2, 0.25) is 0 Å². The van der Waals surface area contributed by atoms with E-state index >= 15 is 0 Å². The van der Waals surface area contributed by atoms with E-state index in [9.17, 15) is 9.59 Å². The van der Waals surface area contributed by atoms with Crippen molar-refractivity contribution in [3.63, 3.8) is 0 Å². The Morgan fingerprint density at radius 1 is 1.14 bits per heavy atom. The van der Waals surface area contributed by atoms with E-state index in [0.717, 1.165) is 23.0 Å². The Balaban J connectivity index is 1.75. The average Bonchev–Trinajstić information content (AvgIpc) is 3.08. The molecule has 3 aromatic rings. The lowest BCUT2D eigenvalue weighted by atomic mass is 10.0. The fourth-order valence-corrected chi connectivity index (χ4v) is 3.07. The molecule has 0 spiro atoms. The van der Waals surface area contributed by atoms with Crippen LogP contribution >= 0.6 is 0 Å². The van der Waals surface area contributed by atoms with Crippen LogP contribution in [0.1, 0.15) is 36.7 Å². The number of hydrogen-bond acceptors (Lipinski definition) is 3. The fourth-order valence-electron chi connectivity index (χ4n) is 3.07. The van der Waals surface area contributed by atoms with Gasteiger partial charge in [0.1, 0.15) is 6.04 Å². The summed E-state index contributed by atoms with van der Waals surface area (Å²) in [6.07, 6.45) is 1.97. The molecule has 0 fully saturated rings. The molecule has 6 nitrogen and oxygen atoms in total. The third-order valence-electron chi connectivity index (χ3n) is 4.66. The first-order chi connectivity index (χ1) is 13.4. The quantitative estimate of drug-likeness (QED) is 0.686. The van der Waals surface area contributed by atoms with E-state index in [1.54, 1.807) is 6.07 Å². The van der Waals surface area contributed by atoms with Crippen molar-refractivity contribution in [2.45, 2.75) is 40.3 Å². The number of carbonyl (C=O) groups excluding carboxylic acids is 2. The lowest BCUT2D eigenvalue weighted by molar-refractivity contribution is -0.118. The molecule has 3 rings (SSSR count). The third-order valence-corrected chi connectivity index (χ3v) is 4.66. The van der Waals surface area contributed by atoms with Gasteiger partial charge in [-0.3, -0.25) is 14.3 Å². The van der Waals surface area contributed by atoms with Crippen LogP contribution in [0.4, 0.5) is 5.69 Å². The molecule has 0 bridgehead atoms. The first-order valence-corrected chi connectivity index (χ1v) is 9.53. The SMILES string of the molecule is CCn1cc2ccc(NC(=O)[C@@H](NC(=O)c3cccc(C)c3)C(C)C)cc2n1. The molecule has 28 heavy (non-hydrogen) atoms. The fraction of sp³-hybridized carbons (Fsp3) is 0.318. The third kappa shape index (κ3) is 4.39. The molecule has 1 heterocycles. The number of fused-ring (bicyclic) bond motifs is 1. The Morgan fingerprint density at radius 2 is 1.93 bits per heavy atom. The van der Waals surface area contributed by atoms with Crippen molar-refractivity contribution in [3.05, 3.63) is 59.8 Å². The van der Waals surface area contributed by atoms with E-state index in [1.807, 2.05) is 75.0 Å². The van der Waals surface area contributed by atoms with E-state index < -0.39 is 6.04 Å². The topological polar surface area (TPSA) is 76.0 Å². The second-order valence-electron chi connectivity index (χ2n) is 7.31. The largest absolute Gasteiger partial charge is 0.340 e. The van der Waals surface area contributed by atoms with Gasteiger partial charge in [0.15, 0.2) is 0 Å². The molecule has 0 aliphatic carbocycles. The Hall–Kier alpha value is -3.15. The number of hydrogen-bond donors (Lipinski definition) is 2. The van der Waals surface area contributed by atoms with Crippen LogP contribution in [-0.4, -0.2) is 27.6 Å². The highest BCUT2D eigenvalue weighted by Gasteiger charge is 2.25. The number of aryl methyl sites for hydroxylation is 2. The maximum Gasteiger partial charge on any atom is 0.251 e. The number of amides is 2. The van der Waals surface area contributed by atoms with Crippen LogP contribution in [0.15, 0.2) is 48.7 Å². The van der Waals surface area contributed by atoms with Gasteiger partial charge in [0.05, 0.1) is 5.52 Å². The van der Waals surface area contributed by atoms with E-state index in [1.165, 1.54) is 0 Å². The summed E-state index contributed by atoms with van der Waals surface area (Å²) in [7, 11) is 0. The van der Waals surface area contributed by atoms with Crippen LogP contribution in [0.25, 0.3) is 10.9 Å². The highest BCUT2D eigenvalue weighted by molar-refractivity contribution is 6.02. The molecule has 2 amide bonds. The Kier molecular flexibility index (Phi) is 5.78. The number of aromatic nitrogens is 2. The standard InChI is InChI=1S/C22H26N4O2/c1-5-26-13-17-9-10-18(12-19(17)25-26)23-22(28)20(14(2)3)24-21(27)16-8-6-7-15(4)11-16/h6-14,20H,5H2,1-4H3,(H,23,28)(H,24,27)/t20-/m0/s1. The minimum Gasteiger partial charge on any atom is -0.340 e. The summed E-state index contributed by atoms with van der Waals surface area (Å²) < 4.78 is 1.86. The van der Waals surface area contributed by atoms with Crippen LogP contribution in [0.3, 0.4) is 0 Å². The van der Waals surface area contributed by atoms with Crippen molar-refractivity contribution >= 4 is 28.4 Å². The Morgan fingerprint density at radius 3 is 2.61 bits per heavy atom. The highest BCUT2D eigenvalue weighted by Crippen LogP contribution is 2.19. The molecule has 0 saturated carbocycles. The zero-order chi connectivity index (χ0) is 20.3. The van der Waals surface area contributed by atoms with Crippen molar-refractivity contribution in [2.75, 3.05) is 5.32 Å². The minimum absolute atomic E-state index is 0.0585. The van der Waals surface area contributed by atoms with Gasteiger partial charge in [0.25, 0.3) is 5.91 Å². The van der Waals surface area contributed by atoms with Gasteiger partial charge in [-0.1, -0.05) is 31.5 Å². The van der Waals surface area contributed by atoms with Gasteiger partial charge in [-0.15, -0.1) is 0 Å². The molecule has 1 aromatic heterocycles. The summed E-state index contributed by atoms with van der Waals surface area (Å²) in [4.78, 5) is 25.4. The molecule has 6 heteroatoms. The lowest BCUT2D eigenvalue weighted by Crippen LogP contribution is -2.47. The zero-order valence-electron chi connectivity index (χ0n) is 16.7. The number of nitrogens with zero attached hydrogens (tertiary/aromatic N) is 2. The van der Waals surface area contributed by atoms with Crippen LogP contribution < -0.4 is 10.6 Å². The summed E-state index contributed by atoms with van der Waals surface area (Å²) in [5.74, 6) is -0.559. The van der Waals surface area contributed by atoms with Crippen LogP contribution in [-0.2, 0) is 11.3 Å². The smallest absolute Gasteiger partial charge is 0.251 e. The zero-order valence-corrected chi connectivity index (χ0v) is 16.7. The molecule has 2 N–H and O–H groups in total. The maximum absolute atomic E-state index is 12.8. The summed E-state index contributed by atoms with van der Waals surface area (Å²) in [6.45, 7) is 8.56. The maximum atomic E-state index is 12.8. The number of carbonyl (C=O) groups is 2. The van der Waals surface area contributed by atoms with Gasteiger partial charge in [0.2, 0.25) is 5.91 Å². The van der Waals surface area contributed by atoms with Crippen molar-refractivity contribution < 1.29 is 9.59 Å². The summed E-state index contributed by atoms with van der Waals surface area (Å²) in [5, 5.41) is 11.3. The van der Waals surface area contributed by atoms with Crippen LogP contribution in [0, 0.1) is 12.8 Å². The van der Waals surface area contributed by atoms with Gasteiger partial charge >= 0.3 is 0 Å². The molecule has 0 unspecified atom stereocenters. The van der Waals surface area contributed by atoms with Crippen molar-refractivity contribution in [3.8, 4) is 0 Å². The second kappa shape index (κ2) is 8.25. The first-order valence-electron chi connectivity index (χ1n) is 9.53. The Labute approximate surface area is 164 Å². The molecule has 0 saturated heterocycles. The molecule has 1 atom stereocenters. The average molecular weight is 378 g/mol. The monoisotopic (exact) mass is 378 g/mol. The number of nitrogens with one attached hydrogen (secondary N) is 2. The summed E-state index contributed by atoms with van der Waals surface area (Å²) in [6, 6.07) is 12.3. The molecular weight excluding hydrogens is 352 g/mol. The van der Waals surface area contributed by atoms with E-state index in [4.69, 9.17) is 0 Å². The lowest BCUT2D eigenvalue weighted by Gasteiger charge is -2.22. The van der Waals surface area contributed by atoms with Gasteiger partial charge in [-0.2, -0.15) is 5.10 Å². The number of rotatable bonds is 6. The van der Waals surface area contributed by atoms with Crippen molar-refractivity contribution in [1.29, 1.82) is 0 Å². The molecule has 2 aromatic carbocycles. The van der Waals surface area contributed by atoms with Gasteiger partial charge in [-0.05, 0) is 50.1 Å². The van der Waals surface area contributed by atoms with Gasteiger partial charge in [0, 0.05) is 29.4 Å². The molecule has 0 aliphatic rings. The Bertz CT molecular complexity index is 1010. The van der Waals surface area contributed by atoms with Gasteiger partial charge in [-0.25, -0.2) is 0 Å². The predicted octanol–water partition coefficient (Wildman–Crippen LogP) is 3.76. The number of benzene rings is 2. The minimum atomic E-state index is -0.642. The van der Waals surface area contributed by atoms with Crippen molar-refractivity contribution in [1.82, 2.24) is 15.1 Å². The normalized spacial score (nSPS) is 12.2. The molecule has 0 radical (unpaired) electrons. The second-order valence-corrected chi connectivity index (χ2v) is 7.31. The first kappa shape index (κ1) is 19.6. The predicted molar refractivity (Wildman–Crippen MR) is 111 cm³/mol. The van der Waals surface area contributed by atoms with Crippen molar-refractivity contribution in [2.24, 2.45) is 5.92 Å². The molecule has 0 aliphatic heterocycles. The number of anilines is 1.